The summed E-state index contributed by atoms with van der Waals surface area (Å²) in [4.78, 5) is 16.2. The second kappa shape index (κ2) is 10.5. The normalized spacial score (nSPS) is 16.8. The van der Waals surface area contributed by atoms with Gasteiger partial charge in [-0.1, -0.05) is 24.3 Å². The fourth-order valence-electron chi connectivity index (χ4n) is 6.00. The van der Waals surface area contributed by atoms with Gasteiger partial charge in [-0.15, -0.1) is 0 Å². The average Bonchev–Trinajstić information content (AvgIpc) is 3.51. The van der Waals surface area contributed by atoms with E-state index in [1.807, 2.05) is 24.3 Å². The van der Waals surface area contributed by atoms with Crippen LogP contribution in [0, 0.1) is 5.82 Å². The molecule has 38 heavy (non-hydrogen) atoms. The predicted molar refractivity (Wildman–Crippen MR) is 152 cm³/mol. The van der Waals surface area contributed by atoms with Crippen molar-refractivity contribution in [2.45, 2.75) is 37.6 Å². The van der Waals surface area contributed by atoms with Gasteiger partial charge in [-0.05, 0) is 80.1 Å². The molecule has 0 aliphatic carbocycles. The Hall–Kier alpha value is -3.17. The molecule has 9 heteroatoms. The van der Waals surface area contributed by atoms with Gasteiger partial charge in [-0.25, -0.2) is 4.39 Å². The predicted octanol–water partition coefficient (Wildman–Crippen LogP) is 5.86. The molecule has 4 heterocycles. The molecule has 0 saturated carbocycles. The first-order chi connectivity index (χ1) is 18.6. The zero-order valence-electron chi connectivity index (χ0n) is 21.5. The third kappa shape index (κ3) is 4.62. The van der Waals surface area contributed by atoms with E-state index in [1.54, 1.807) is 30.1 Å². The van der Waals surface area contributed by atoms with Gasteiger partial charge in [-0.3, -0.25) is 9.88 Å². The minimum atomic E-state index is -0.556. The molecule has 7 nitrogen and oxygen atoms in total. The lowest BCUT2D eigenvalue weighted by atomic mass is 9.95. The monoisotopic (exact) mass is 533 g/mol. The molecule has 2 aromatic heterocycles. The van der Waals surface area contributed by atoms with E-state index < -0.39 is 5.82 Å². The number of phenols is 1. The van der Waals surface area contributed by atoms with Crippen LogP contribution in [0.25, 0.3) is 32.9 Å². The third-order valence-electron chi connectivity index (χ3n) is 7.86. The molecule has 0 bridgehead atoms. The zero-order valence-corrected chi connectivity index (χ0v) is 22.4. The van der Waals surface area contributed by atoms with Gasteiger partial charge in [0, 0.05) is 18.3 Å². The van der Waals surface area contributed by atoms with E-state index in [1.165, 1.54) is 12.8 Å². The number of nitrogens with one attached hydrogen (secondary N) is 1. The number of anilines is 1. The number of aromatic hydroxyl groups is 1. The Kier molecular flexibility index (Phi) is 6.97. The van der Waals surface area contributed by atoms with Crippen molar-refractivity contribution < 1.29 is 14.2 Å². The Morgan fingerprint density at radius 2 is 1.95 bits per heavy atom. The SMILES string of the molecule is CSCCCNc1nc(OCC23CCCN2CCC3)nc2c(F)c(-c3cc(O)cc4ccccc34)ncc12. The van der Waals surface area contributed by atoms with Crippen LogP contribution in [0.15, 0.2) is 42.6 Å². The minimum Gasteiger partial charge on any atom is -0.508 e. The van der Waals surface area contributed by atoms with Gasteiger partial charge in [0.05, 0.1) is 10.9 Å². The topological polar surface area (TPSA) is 83.4 Å². The van der Waals surface area contributed by atoms with Crippen LogP contribution in [-0.2, 0) is 0 Å². The second-order valence-corrected chi connectivity index (χ2v) is 11.2. The minimum absolute atomic E-state index is 0.0344. The quantitative estimate of drug-likeness (QED) is 0.259. The van der Waals surface area contributed by atoms with Gasteiger partial charge in [0.15, 0.2) is 5.82 Å². The van der Waals surface area contributed by atoms with Crippen LogP contribution >= 0.6 is 11.8 Å². The summed E-state index contributed by atoms with van der Waals surface area (Å²) >= 11 is 1.78. The zero-order chi connectivity index (χ0) is 26.1. The van der Waals surface area contributed by atoms with Gasteiger partial charge in [0.2, 0.25) is 0 Å². The highest BCUT2D eigenvalue weighted by Crippen LogP contribution is 2.40. The van der Waals surface area contributed by atoms with Crippen LogP contribution in [-0.4, -0.2) is 68.7 Å². The number of aromatic nitrogens is 3. The number of nitrogens with zero attached hydrogens (tertiary/aromatic N) is 4. The lowest BCUT2D eigenvalue weighted by Gasteiger charge is -2.31. The van der Waals surface area contributed by atoms with Crippen molar-refractivity contribution >= 4 is 39.3 Å². The summed E-state index contributed by atoms with van der Waals surface area (Å²) in [7, 11) is 0. The maximum atomic E-state index is 16.2. The Balaban J connectivity index is 1.41. The van der Waals surface area contributed by atoms with Crippen LogP contribution < -0.4 is 10.1 Å². The number of halogens is 1. The van der Waals surface area contributed by atoms with Crippen LogP contribution in [0.1, 0.15) is 32.1 Å². The number of phenolic OH excluding ortho intramolecular Hbond substituents is 1. The molecule has 0 atom stereocenters. The lowest BCUT2D eigenvalue weighted by Crippen LogP contribution is -2.43. The molecule has 0 radical (unpaired) electrons. The van der Waals surface area contributed by atoms with Gasteiger partial charge in [0.25, 0.3) is 0 Å². The Morgan fingerprint density at radius 3 is 2.76 bits per heavy atom. The fraction of sp³-hybridized carbons (Fsp3) is 0.414. The first-order valence-electron chi connectivity index (χ1n) is 13.3. The molecule has 2 fully saturated rings. The van der Waals surface area contributed by atoms with Gasteiger partial charge >= 0.3 is 6.01 Å². The highest BCUT2D eigenvalue weighted by atomic mass is 32.2. The number of rotatable bonds is 9. The number of thioether (sulfide) groups is 1. The van der Waals surface area contributed by atoms with Gasteiger partial charge in [0.1, 0.15) is 29.4 Å². The van der Waals surface area contributed by atoms with Crippen molar-refractivity contribution in [2.24, 2.45) is 0 Å². The number of pyridine rings is 1. The first-order valence-corrected chi connectivity index (χ1v) is 14.7. The van der Waals surface area contributed by atoms with Crippen molar-refractivity contribution in [1.82, 2.24) is 19.9 Å². The van der Waals surface area contributed by atoms with Crippen LogP contribution in [0.3, 0.4) is 0 Å². The third-order valence-corrected chi connectivity index (χ3v) is 8.56. The fourth-order valence-corrected chi connectivity index (χ4v) is 6.43. The molecule has 2 saturated heterocycles. The molecule has 2 aliphatic rings. The van der Waals surface area contributed by atoms with E-state index in [-0.39, 0.29) is 28.5 Å². The first kappa shape index (κ1) is 25.1. The van der Waals surface area contributed by atoms with Crippen LogP contribution in [0.2, 0.25) is 0 Å². The van der Waals surface area contributed by atoms with Crippen molar-refractivity contribution in [1.29, 1.82) is 0 Å². The molecule has 6 rings (SSSR count). The van der Waals surface area contributed by atoms with Crippen molar-refractivity contribution in [2.75, 3.05) is 43.6 Å². The summed E-state index contributed by atoms with van der Waals surface area (Å²) in [6, 6.07) is 11.0. The molecule has 0 spiro atoms. The van der Waals surface area contributed by atoms with Gasteiger partial charge in [-0.2, -0.15) is 21.7 Å². The number of benzene rings is 2. The maximum Gasteiger partial charge on any atom is 0.319 e. The summed E-state index contributed by atoms with van der Waals surface area (Å²) in [5.41, 5.74) is 0.847. The molecular weight excluding hydrogens is 501 g/mol. The number of ether oxygens (including phenoxy) is 1. The summed E-state index contributed by atoms with van der Waals surface area (Å²) in [6.45, 7) is 3.41. The largest absolute Gasteiger partial charge is 0.508 e. The smallest absolute Gasteiger partial charge is 0.319 e. The number of hydrogen-bond donors (Lipinski definition) is 2. The van der Waals surface area contributed by atoms with Crippen LogP contribution in [0.4, 0.5) is 10.2 Å². The average molecular weight is 534 g/mol. The molecule has 4 aromatic rings. The summed E-state index contributed by atoms with van der Waals surface area (Å²) in [5, 5.41) is 15.8. The highest BCUT2D eigenvalue weighted by molar-refractivity contribution is 7.98. The van der Waals surface area contributed by atoms with E-state index >= 15 is 4.39 Å². The van der Waals surface area contributed by atoms with E-state index in [0.29, 0.717) is 29.9 Å². The Morgan fingerprint density at radius 1 is 1.13 bits per heavy atom. The standard InChI is InChI=1S/C29H32FN5O2S/c1-38-14-6-11-31-27-23-17-32-25(22-16-20(36)15-19-7-2-3-8-21(19)22)24(30)26(23)33-28(34-27)37-18-29-9-4-12-35(29)13-5-10-29/h2-3,7-8,15-17,36H,4-6,9-14,18H2,1H3,(H,31,33,34). The molecule has 198 valence electrons. The van der Waals surface area contributed by atoms with Crippen molar-refractivity contribution in [3.05, 3.63) is 48.4 Å². The van der Waals surface area contributed by atoms with E-state index in [2.05, 4.69) is 31.4 Å². The second-order valence-electron chi connectivity index (χ2n) is 10.2. The number of hydrogen-bond acceptors (Lipinski definition) is 8. The van der Waals surface area contributed by atoms with E-state index in [4.69, 9.17) is 4.74 Å². The molecule has 2 aromatic carbocycles. The molecule has 0 unspecified atom stereocenters. The maximum absolute atomic E-state index is 16.2. The molecule has 2 N–H and O–H groups in total. The highest BCUT2D eigenvalue weighted by Gasteiger charge is 2.45. The summed E-state index contributed by atoms with van der Waals surface area (Å²) in [6.07, 6.45) is 9.19. The number of fused-ring (bicyclic) bond motifs is 3. The van der Waals surface area contributed by atoms with Gasteiger partial charge < -0.3 is 15.2 Å². The van der Waals surface area contributed by atoms with Crippen LogP contribution in [0.5, 0.6) is 11.8 Å². The Bertz CT molecular complexity index is 1470. The summed E-state index contributed by atoms with van der Waals surface area (Å²) < 4.78 is 22.5. The molecular formula is C29H32FN5O2S. The summed E-state index contributed by atoms with van der Waals surface area (Å²) in [5.74, 6) is 1.04. The van der Waals surface area contributed by atoms with E-state index in [0.717, 1.165) is 48.9 Å². The van der Waals surface area contributed by atoms with Crippen molar-refractivity contribution in [3.63, 3.8) is 0 Å². The molecule has 0 amide bonds. The molecule has 2 aliphatic heterocycles. The van der Waals surface area contributed by atoms with E-state index in [9.17, 15) is 5.11 Å². The van der Waals surface area contributed by atoms with Crippen molar-refractivity contribution in [3.8, 4) is 23.0 Å². The Labute approximate surface area is 225 Å². The lowest BCUT2D eigenvalue weighted by molar-refractivity contribution is 0.108.